The molecule has 114 valence electrons. The van der Waals surface area contributed by atoms with Crippen LogP contribution in [0.15, 0.2) is 24.3 Å². The fraction of sp³-hybridized carbons (Fsp3) is 0.611. The van der Waals surface area contributed by atoms with Crippen LogP contribution in [0.5, 0.6) is 0 Å². The fourth-order valence-electron chi connectivity index (χ4n) is 4.15. The summed E-state index contributed by atoms with van der Waals surface area (Å²) in [7, 11) is 0. The van der Waals surface area contributed by atoms with E-state index in [1.807, 2.05) is 12.1 Å². The zero-order valence-electron chi connectivity index (χ0n) is 13.1. The van der Waals surface area contributed by atoms with E-state index in [-0.39, 0.29) is 11.8 Å². The maximum atomic E-state index is 12.4. The zero-order chi connectivity index (χ0) is 14.8. The van der Waals surface area contributed by atoms with Crippen LogP contribution in [-0.2, 0) is 4.79 Å². The van der Waals surface area contributed by atoms with Crippen molar-refractivity contribution < 1.29 is 4.79 Å². The first-order valence-electron chi connectivity index (χ1n) is 8.37. The number of nitrogens with one attached hydrogen (secondary N) is 1. The van der Waals surface area contributed by atoms with Gasteiger partial charge in [-0.1, -0.05) is 6.42 Å². The molecule has 1 aromatic rings. The summed E-state index contributed by atoms with van der Waals surface area (Å²) in [5.74, 6) is 1.95. The number of anilines is 2. The first-order valence-corrected chi connectivity index (χ1v) is 8.37. The normalized spacial score (nSPS) is 26.9. The summed E-state index contributed by atoms with van der Waals surface area (Å²) < 4.78 is 0. The van der Waals surface area contributed by atoms with Crippen molar-refractivity contribution in [3.05, 3.63) is 24.3 Å². The number of hydrogen-bond acceptors (Lipinski definition) is 2. The molecule has 2 bridgehead atoms. The summed E-state index contributed by atoms with van der Waals surface area (Å²) in [5, 5.41) is 3.11. The molecule has 1 unspecified atom stereocenters. The summed E-state index contributed by atoms with van der Waals surface area (Å²) in [4.78, 5) is 14.7. The van der Waals surface area contributed by atoms with E-state index in [0.29, 0.717) is 5.92 Å². The van der Waals surface area contributed by atoms with Crippen LogP contribution in [0.4, 0.5) is 11.4 Å². The lowest BCUT2D eigenvalue weighted by Crippen LogP contribution is -2.27. The molecule has 1 amide bonds. The smallest absolute Gasteiger partial charge is 0.227 e. The van der Waals surface area contributed by atoms with E-state index in [4.69, 9.17) is 0 Å². The minimum atomic E-state index is 0.234. The van der Waals surface area contributed by atoms with Gasteiger partial charge < -0.3 is 10.2 Å². The quantitative estimate of drug-likeness (QED) is 0.890. The van der Waals surface area contributed by atoms with Crippen molar-refractivity contribution in [3.63, 3.8) is 0 Å². The van der Waals surface area contributed by atoms with Crippen molar-refractivity contribution in [2.45, 2.75) is 39.5 Å². The minimum absolute atomic E-state index is 0.234. The number of hydrogen-bond donors (Lipinski definition) is 1. The lowest BCUT2D eigenvalue weighted by molar-refractivity contribution is -0.121. The Kier molecular flexibility index (Phi) is 4.18. The molecule has 2 fully saturated rings. The molecule has 0 aliphatic heterocycles. The summed E-state index contributed by atoms with van der Waals surface area (Å²) in [6.07, 6.45) is 4.98. The monoisotopic (exact) mass is 286 g/mol. The van der Waals surface area contributed by atoms with E-state index in [2.05, 4.69) is 36.2 Å². The summed E-state index contributed by atoms with van der Waals surface area (Å²) in [6.45, 7) is 6.34. The second-order valence-electron chi connectivity index (χ2n) is 6.49. The van der Waals surface area contributed by atoms with Gasteiger partial charge in [0.15, 0.2) is 0 Å². The number of carbonyl (C=O) groups is 1. The Balaban J connectivity index is 1.61. The van der Waals surface area contributed by atoms with Gasteiger partial charge in [-0.15, -0.1) is 0 Å². The molecule has 2 saturated carbocycles. The van der Waals surface area contributed by atoms with Crippen LogP contribution in [0.25, 0.3) is 0 Å². The predicted octanol–water partition coefficient (Wildman–Crippen LogP) is 3.91. The zero-order valence-corrected chi connectivity index (χ0v) is 13.1. The summed E-state index contributed by atoms with van der Waals surface area (Å²) >= 11 is 0. The standard InChI is InChI=1S/C18H26N2O/c1-3-20(4-2)16-9-7-15(8-10-16)19-18(21)17-12-13-5-6-14(17)11-13/h7-10,13-14,17H,3-6,11-12H2,1-2H3,(H,19,21)/t13-,14+,17?/m1/s1. The number of carbonyl (C=O) groups excluding carboxylic acids is 1. The van der Waals surface area contributed by atoms with Crippen LogP contribution in [0.2, 0.25) is 0 Å². The SMILES string of the molecule is CCN(CC)c1ccc(NC(=O)C2C[C@@H]3CC[C@H]2C3)cc1. The highest BCUT2D eigenvalue weighted by Gasteiger charge is 2.42. The van der Waals surface area contributed by atoms with E-state index in [0.717, 1.165) is 31.1 Å². The molecule has 0 saturated heterocycles. The molecule has 3 nitrogen and oxygen atoms in total. The molecule has 2 aliphatic rings. The topological polar surface area (TPSA) is 32.3 Å². The average molecular weight is 286 g/mol. The number of nitrogens with zero attached hydrogens (tertiary/aromatic N) is 1. The second-order valence-corrected chi connectivity index (χ2v) is 6.49. The lowest BCUT2D eigenvalue weighted by atomic mass is 9.88. The molecule has 0 heterocycles. The Morgan fingerprint density at radius 2 is 1.86 bits per heavy atom. The van der Waals surface area contributed by atoms with Crippen molar-refractivity contribution in [2.75, 3.05) is 23.3 Å². The largest absolute Gasteiger partial charge is 0.372 e. The van der Waals surface area contributed by atoms with Crippen LogP contribution in [0.1, 0.15) is 39.5 Å². The highest BCUT2D eigenvalue weighted by Crippen LogP contribution is 2.48. The third-order valence-corrected chi connectivity index (χ3v) is 5.34. The molecule has 0 spiro atoms. The molecule has 0 aromatic heterocycles. The van der Waals surface area contributed by atoms with E-state index in [9.17, 15) is 4.79 Å². The van der Waals surface area contributed by atoms with Crippen LogP contribution in [0.3, 0.4) is 0 Å². The molecule has 3 atom stereocenters. The molecule has 3 rings (SSSR count). The summed E-state index contributed by atoms with van der Waals surface area (Å²) in [5.41, 5.74) is 2.15. The van der Waals surface area contributed by atoms with Gasteiger partial charge in [0.05, 0.1) is 0 Å². The molecule has 1 aromatic carbocycles. The van der Waals surface area contributed by atoms with Crippen LogP contribution < -0.4 is 10.2 Å². The third kappa shape index (κ3) is 2.92. The Bertz CT molecular complexity index is 492. The van der Waals surface area contributed by atoms with Crippen molar-refractivity contribution in [3.8, 4) is 0 Å². The highest BCUT2D eigenvalue weighted by atomic mass is 16.1. The van der Waals surface area contributed by atoms with Crippen molar-refractivity contribution >= 4 is 17.3 Å². The molecule has 1 N–H and O–H groups in total. The van der Waals surface area contributed by atoms with Crippen LogP contribution in [-0.4, -0.2) is 19.0 Å². The molecular weight excluding hydrogens is 260 g/mol. The van der Waals surface area contributed by atoms with Gasteiger partial charge in [-0.3, -0.25) is 4.79 Å². The maximum Gasteiger partial charge on any atom is 0.227 e. The summed E-state index contributed by atoms with van der Waals surface area (Å²) in [6, 6.07) is 8.25. The van der Waals surface area contributed by atoms with Crippen LogP contribution in [0, 0.1) is 17.8 Å². The highest BCUT2D eigenvalue weighted by molar-refractivity contribution is 5.93. The number of benzene rings is 1. The van der Waals surface area contributed by atoms with Crippen molar-refractivity contribution in [1.82, 2.24) is 0 Å². The van der Waals surface area contributed by atoms with Gasteiger partial charge in [0.2, 0.25) is 5.91 Å². The van der Waals surface area contributed by atoms with Gasteiger partial charge in [-0.2, -0.15) is 0 Å². The van der Waals surface area contributed by atoms with E-state index in [1.54, 1.807) is 0 Å². The first-order chi connectivity index (χ1) is 10.2. The van der Waals surface area contributed by atoms with E-state index < -0.39 is 0 Å². The van der Waals surface area contributed by atoms with Gasteiger partial charge in [0.1, 0.15) is 0 Å². The Hall–Kier alpha value is -1.51. The Morgan fingerprint density at radius 1 is 1.14 bits per heavy atom. The number of rotatable bonds is 5. The van der Waals surface area contributed by atoms with Gasteiger partial charge in [0.25, 0.3) is 0 Å². The Labute approximate surface area is 127 Å². The van der Waals surface area contributed by atoms with Crippen molar-refractivity contribution in [1.29, 1.82) is 0 Å². The molecule has 21 heavy (non-hydrogen) atoms. The molecular formula is C18H26N2O. The average Bonchev–Trinajstić information content (AvgIpc) is 3.13. The van der Waals surface area contributed by atoms with Gasteiger partial charge in [-0.25, -0.2) is 0 Å². The van der Waals surface area contributed by atoms with E-state index >= 15 is 0 Å². The third-order valence-electron chi connectivity index (χ3n) is 5.34. The minimum Gasteiger partial charge on any atom is -0.372 e. The van der Waals surface area contributed by atoms with Gasteiger partial charge in [-0.05, 0) is 69.2 Å². The lowest BCUT2D eigenvalue weighted by Gasteiger charge is -2.22. The molecule has 2 aliphatic carbocycles. The second kappa shape index (κ2) is 6.08. The maximum absolute atomic E-state index is 12.4. The molecule has 0 radical (unpaired) electrons. The van der Waals surface area contributed by atoms with Gasteiger partial charge >= 0.3 is 0 Å². The Morgan fingerprint density at radius 3 is 2.38 bits per heavy atom. The first kappa shape index (κ1) is 14.4. The number of amides is 1. The molecule has 3 heteroatoms. The fourth-order valence-corrected chi connectivity index (χ4v) is 4.15. The van der Waals surface area contributed by atoms with Crippen LogP contribution >= 0.6 is 0 Å². The van der Waals surface area contributed by atoms with E-state index in [1.165, 1.54) is 24.9 Å². The number of fused-ring (bicyclic) bond motifs is 2. The van der Waals surface area contributed by atoms with Crippen molar-refractivity contribution in [2.24, 2.45) is 17.8 Å². The van der Waals surface area contributed by atoms with Gasteiger partial charge in [0, 0.05) is 30.4 Å². The predicted molar refractivity (Wildman–Crippen MR) is 87.6 cm³/mol.